The molecular formula is C26H37N5O11. The number of anilines is 1. The van der Waals surface area contributed by atoms with Crippen LogP contribution in [0.2, 0.25) is 0 Å². The second kappa shape index (κ2) is 14.7. The lowest BCUT2D eigenvalue weighted by Crippen LogP contribution is -2.38. The van der Waals surface area contributed by atoms with Crippen molar-refractivity contribution in [3.8, 4) is 0 Å². The zero-order valence-electron chi connectivity index (χ0n) is 23.4. The van der Waals surface area contributed by atoms with Gasteiger partial charge in [0, 0.05) is 12.8 Å². The molecule has 232 valence electrons. The van der Waals surface area contributed by atoms with Gasteiger partial charge < -0.3 is 35.3 Å². The maximum Gasteiger partial charge on any atom is 0.306 e. The second-order valence-electron chi connectivity index (χ2n) is 10.1. The van der Waals surface area contributed by atoms with Crippen LogP contribution >= 0.6 is 0 Å². The van der Waals surface area contributed by atoms with Crippen LogP contribution in [0, 0.1) is 11.8 Å². The molecule has 1 fully saturated rings. The minimum atomic E-state index is -1.50. The van der Waals surface area contributed by atoms with Gasteiger partial charge in [-0.05, 0) is 38.5 Å². The summed E-state index contributed by atoms with van der Waals surface area (Å²) >= 11 is 0. The predicted molar refractivity (Wildman–Crippen MR) is 144 cm³/mol. The number of ether oxygens (including phenoxy) is 3. The SMILES string of the molecule is CCC(CCCC(=O)OC[C@H]1O[C@@H](n2cnc3c(=O)[nH]c(N)nc32)[C@H](O)[C@@H]1OC(=O)CCCC(CC)C(=O)O)C(=O)O. The molecule has 42 heavy (non-hydrogen) atoms. The van der Waals surface area contributed by atoms with E-state index in [0.717, 1.165) is 0 Å². The predicted octanol–water partition coefficient (Wildman–Crippen LogP) is 0.977. The molecule has 6 atom stereocenters. The molecular weight excluding hydrogens is 558 g/mol. The summed E-state index contributed by atoms with van der Waals surface area (Å²) in [5.74, 6) is -4.61. The molecule has 0 aromatic carbocycles. The standard InChI is InChI=1S/C26H37N5O11/c1-3-13(24(36)37)7-5-9-16(32)40-11-15-20(42-17(33)10-6-8-14(4-2)25(38)39)19(34)23(41-15)31-12-28-18-21(31)29-26(27)30-22(18)35/h12-15,19-20,23,34H,3-11H2,1-2H3,(H,36,37)(H,38,39)(H3,27,29,30,35)/t13?,14?,15-,19-,20-,23-/m1/s1. The first-order valence-corrected chi connectivity index (χ1v) is 13.8. The average molecular weight is 596 g/mol. The van der Waals surface area contributed by atoms with Gasteiger partial charge >= 0.3 is 23.9 Å². The second-order valence-corrected chi connectivity index (χ2v) is 10.1. The fourth-order valence-corrected chi connectivity index (χ4v) is 4.81. The van der Waals surface area contributed by atoms with Gasteiger partial charge in [0.15, 0.2) is 23.5 Å². The summed E-state index contributed by atoms with van der Waals surface area (Å²) in [5, 5.41) is 29.5. The third-order valence-electron chi connectivity index (χ3n) is 7.26. The average Bonchev–Trinajstić information content (AvgIpc) is 3.48. The molecule has 16 nitrogen and oxygen atoms in total. The molecule has 1 saturated heterocycles. The van der Waals surface area contributed by atoms with Gasteiger partial charge in [-0.25, -0.2) is 4.98 Å². The van der Waals surface area contributed by atoms with Gasteiger partial charge in [-0.2, -0.15) is 4.98 Å². The molecule has 0 saturated carbocycles. The number of carbonyl (C=O) groups excluding carboxylic acids is 2. The molecule has 2 aromatic rings. The normalized spacial score (nSPS) is 21.6. The van der Waals surface area contributed by atoms with Crippen LogP contribution in [0.4, 0.5) is 5.95 Å². The lowest BCUT2D eigenvalue weighted by molar-refractivity contribution is -0.160. The van der Waals surface area contributed by atoms with Crippen LogP contribution in [-0.4, -0.2) is 83.6 Å². The number of esters is 2. The zero-order valence-corrected chi connectivity index (χ0v) is 23.4. The van der Waals surface area contributed by atoms with Crippen molar-refractivity contribution in [3.05, 3.63) is 16.7 Å². The van der Waals surface area contributed by atoms with Crippen molar-refractivity contribution in [3.63, 3.8) is 0 Å². The van der Waals surface area contributed by atoms with Gasteiger partial charge in [-0.3, -0.25) is 33.5 Å². The van der Waals surface area contributed by atoms with Crippen molar-refractivity contribution in [2.45, 2.75) is 89.8 Å². The fourth-order valence-electron chi connectivity index (χ4n) is 4.81. The number of aliphatic hydroxyl groups excluding tert-OH is 1. The molecule has 3 heterocycles. The quantitative estimate of drug-likeness (QED) is 0.170. The number of H-pyrrole nitrogens is 1. The number of fused-ring (bicyclic) bond motifs is 1. The smallest absolute Gasteiger partial charge is 0.306 e. The molecule has 0 aliphatic carbocycles. The number of carbonyl (C=O) groups is 4. The van der Waals surface area contributed by atoms with E-state index < -0.39 is 72.4 Å². The van der Waals surface area contributed by atoms with Gasteiger partial charge in [0.05, 0.1) is 18.2 Å². The number of nitrogen functional groups attached to an aromatic ring is 1. The number of imidazole rings is 1. The van der Waals surface area contributed by atoms with Crippen LogP contribution < -0.4 is 11.3 Å². The first-order valence-electron chi connectivity index (χ1n) is 13.8. The number of nitrogens with one attached hydrogen (secondary N) is 1. The largest absolute Gasteiger partial charge is 0.481 e. The van der Waals surface area contributed by atoms with Crippen LogP contribution in [0.5, 0.6) is 0 Å². The molecule has 0 spiro atoms. The highest BCUT2D eigenvalue weighted by atomic mass is 16.6. The Bertz CT molecular complexity index is 1330. The molecule has 6 N–H and O–H groups in total. The number of nitrogens with two attached hydrogens (primary N) is 1. The maximum atomic E-state index is 12.7. The number of aromatic nitrogens is 4. The molecule has 16 heteroatoms. The third kappa shape index (κ3) is 8.03. The van der Waals surface area contributed by atoms with E-state index in [4.69, 9.17) is 25.1 Å². The topological polar surface area (TPSA) is 246 Å². The molecule has 2 aromatic heterocycles. The number of carboxylic acid groups (broad SMARTS) is 2. The van der Waals surface area contributed by atoms with E-state index in [9.17, 15) is 34.2 Å². The van der Waals surface area contributed by atoms with E-state index in [1.165, 1.54) is 10.9 Å². The highest BCUT2D eigenvalue weighted by Crippen LogP contribution is 2.33. The lowest BCUT2D eigenvalue weighted by Gasteiger charge is -2.21. The van der Waals surface area contributed by atoms with Crippen molar-refractivity contribution >= 4 is 41.0 Å². The molecule has 0 amide bonds. The maximum absolute atomic E-state index is 12.7. The Hall–Kier alpha value is -4.05. The molecule has 2 unspecified atom stereocenters. The fraction of sp³-hybridized carbons (Fsp3) is 0.654. The minimum Gasteiger partial charge on any atom is -0.481 e. The number of aliphatic hydroxyl groups is 1. The van der Waals surface area contributed by atoms with Crippen molar-refractivity contribution in [2.24, 2.45) is 11.8 Å². The highest BCUT2D eigenvalue weighted by molar-refractivity contribution is 5.72. The number of aliphatic carboxylic acids is 2. The number of aromatic amines is 1. The summed E-state index contributed by atoms with van der Waals surface area (Å²) in [6.45, 7) is 3.08. The van der Waals surface area contributed by atoms with Crippen LogP contribution in [0.3, 0.4) is 0 Å². The lowest BCUT2D eigenvalue weighted by atomic mass is 9.99. The van der Waals surface area contributed by atoms with Crippen molar-refractivity contribution in [1.82, 2.24) is 19.5 Å². The van der Waals surface area contributed by atoms with Gasteiger partial charge in [-0.1, -0.05) is 13.8 Å². The molecule has 1 aliphatic heterocycles. The Labute approximate surface area is 240 Å². The number of hydrogen-bond acceptors (Lipinski definition) is 12. The van der Waals surface area contributed by atoms with E-state index in [-0.39, 0.29) is 49.2 Å². The number of hydrogen-bond donors (Lipinski definition) is 5. The Morgan fingerprint density at radius 2 is 1.67 bits per heavy atom. The van der Waals surface area contributed by atoms with E-state index in [1.54, 1.807) is 13.8 Å². The van der Waals surface area contributed by atoms with Gasteiger partial charge in [0.25, 0.3) is 5.56 Å². The summed E-state index contributed by atoms with van der Waals surface area (Å²) in [7, 11) is 0. The first-order chi connectivity index (χ1) is 20.0. The zero-order chi connectivity index (χ0) is 31.0. The van der Waals surface area contributed by atoms with Gasteiger partial charge in [0.1, 0.15) is 18.8 Å². The molecule has 0 bridgehead atoms. The van der Waals surface area contributed by atoms with E-state index in [0.29, 0.717) is 19.3 Å². The highest BCUT2D eigenvalue weighted by Gasteiger charge is 2.48. The van der Waals surface area contributed by atoms with Crippen LogP contribution in [0.25, 0.3) is 11.2 Å². The summed E-state index contributed by atoms with van der Waals surface area (Å²) in [4.78, 5) is 70.1. The third-order valence-corrected chi connectivity index (χ3v) is 7.26. The van der Waals surface area contributed by atoms with E-state index >= 15 is 0 Å². The van der Waals surface area contributed by atoms with Gasteiger partial charge in [0.2, 0.25) is 5.95 Å². The van der Waals surface area contributed by atoms with E-state index in [2.05, 4.69) is 15.0 Å². The Morgan fingerprint density at radius 1 is 1.07 bits per heavy atom. The summed E-state index contributed by atoms with van der Waals surface area (Å²) in [5.41, 5.74) is 4.98. The monoisotopic (exact) mass is 595 g/mol. The summed E-state index contributed by atoms with van der Waals surface area (Å²) < 4.78 is 18.0. The Kier molecular flexibility index (Phi) is 11.4. The van der Waals surface area contributed by atoms with Crippen molar-refractivity contribution < 1.29 is 48.7 Å². The first kappa shape index (κ1) is 32.5. The Balaban J connectivity index is 1.71. The van der Waals surface area contributed by atoms with Gasteiger partial charge in [-0.15, -0.1) is 0 Å². The van der Waals surface area contributed by atoms with Crippen LogP contribution in [0.15, 0.2) is 11.1 Å². The molecule has 0 radical (unpaired) electrons. The van der Waals surface area contributed by atoms with Crippen LogP contribution in [0.1, 0.15) is 71.4 Å². The van der Waals surface area contributed by atoms with Crippen molar-refractivity contribution in [1.29, 1.82) is 0 Å². The molecule has 1 aliphatic rings. The molecule has 3 rings (SSSR count). The summed E-state index contributed by atoms with van der Waals surface area (Å²) in [6, 6.07) is 0. The van der Waals surface area contributed by atoms with E-state index in [1.807, 2.05) is 0 Å². The van der Waals surface area contributed by atoms with Crippen molar-refractivity contribution in [2.75, 3.05) is 12.3 Å². The number of rotatable bonds is 16. The number of nitrogens with zero attached hydrogens (tertiary/aromatic N) is 3. The summed E-state index contributed by atoms with van der Waals surface area (Å²) in [6.07, 6.45) is -2.21. The van der Waals surface area contributed by atoms with Crippen LogP contribution in [-0.2, 0) is 33.4 Å². The number of carboxylic acids is 2. The minimum absolute atomic E-state index is 0.00575. The Morgan fingerprint density at radius 3 is 2.24 bits per heavy atom.